The molecule has 2 aromatic rings. The maximum absolute atomic E-state index is 13.2. The van der Waals surface area contributed by atoms with Gasteiger partial charge in [-0.05, 0) is 24.3 Å². The van der Waals surface area contributed by atoms with Crippen LogP contribution in [-0.4, -0.2) is 84.4 Å². The van der Waals surface area contributed by atoms with Crippen LogP contribution in [-0.2, 0) is 21.3 Å². The molecule has 1 atom stereocenters. The van der Waals surface area contributed by atoms with Gasteiger partial charge in [0.05, 0.1) is 38.3 Å². The summed E-state index contributed by atoms with van der Waals surface area (Å²) in [6.07, 6.45) is 1.58. The molecule has 0 aliphatic carbocycles. The van der Waals surface area contributed by atoms with Crippen LogP contribution in [0.15, 0.2) is 47.4 Å². The monoisotopic (exact) mass is 489 g/mol. The standard InChI is InChI=1S/C24H28ClN3O6/c1-26-15-18(5-6-21(26)29)23(31)28-9-12-34-24(16-28,14-22(30)27-7-10-32-11-8-27)17-33-20-4-2-3-19(25)13-20/h2-6,13,15H,7-12,14,16-17H2,1H3/t24-/m1/s1. The van der Waals surface area contributed by atoms with Gasteiger partial charge in [-0.15, -0.1) is 0 Å². The number of hydrogen-bond acceptors (Lipinski definition) is 6. The van der Waals surface area contributed by atoms with Crippen LogP contribution in [0.3, 0.4) is 0 Å². The van der Waals surface area contributed by atoms with E-state index in [1.807, 2.05) is 0 Å². The lowest BCUT2D eigenvalue weighted by Crippen LogP contribution is -2.58. The Morgan fingerprint density at radius 3 is 2.59 bits per heavy atom. The zero-order valence-corrected chi connectivity index (χ0v) is 19.8. The highest BCUT2D eigenvalue weighted by atomic mass is 35.5. The highest BCUT2D eigenvalue weighted by Crippen LogP contribution is 2.27. The zero-order valence-electron chi connectivity index (χ0n) is 19.1. The predicted octanol–water partition coefficient (Wildman–Crippen LogP) is 1.58. The van der Waals surface area contributed by atoms with E-state index in [2.05, 4.69) is 0 Å². The molecule has 0 saturated carbocycles. The molecule has 2 fully saturated rings. The summed E-state index contributed by atoms with van der Waals surface area (Å²) in [5.74, 6) is 0.245. The number of aromatic nitrogens is 1. The summed E-state index contributed by atoms with van der Waals surface area (Å²) in [6, 6.07) is 9.88. The quantitative estimate of drug-likeness (QED) is 0.612. The molecular weight excluding hydrogens is 462 g/mol. The number of hydrogen-bond donors (Lipinski definition) is 0. The summed E-state index contributed by atoms with van der Waals surface area (Å²) in [6.45, 7) is 2.90. The van der Waals surface area contributed by atoms with Gasteiger partial charge in [0, 0.05) is 44.0 Å². The Morgan fingerprint density at radius 1 is 1.09 bits per heavy atom. The van der Waals surface area contributed by atoms with Gasteiger partial charge in [-0.1, -0.05) is 17.7 Å². The Balaban J connectivity index is 1.55. The Hall–Kier alpha value is -2.88. The third-order valence-corrected chi connectivity index (χ3v) is 6.24. The van der Waals surface area contributed by atoms with E-state index in [0.29, 0.717) is 49.2 Å². The first-order valence-corrected chi connectivity index (χ1v) is 11.6. The number of morpholine rings is 2. The molecule has 0 bridgehead atoms. The molecule has 10 heteroatoms. The van der Waals surface area contributed by atoms with E-state index in [1.165, 1.54) is 22.9 Å². The van der Waals surface area contributed by atoms with E-state index in [9.17, 15) is 14.4 Å². The first-order valence-electron chi connectivity index (χ1n) is 11.2. The number of rotatable bonds is 6. The highest BCUT2D eigenvalue weighted by Gasteiger charge is 2.42. The van der Waals surface area contributed by atoms with E-state index in [-0.39, 0.29) is 43.6 Å². The van der Waals surface area contributed by atoms with Crippen LogP contribution in [0.2, 0.25) is 5.02 Å². The second-order valence-electron chi connectivity index (χ2n) is 8.54. The molecule has 0 N–H and O–H groups in total. The van der Waals surface area contributed by atoms with Crippen LogP contribution < -0.4 is 10.3 Å². The highest BCUT2D eigenvalue weighted by molar-refractivity contribution is 6.30. The molecule has 34 heavy (non-hydrogen) atoms. The Kier molecular flexibility index (Phi) is 7.55. The number of carbonyl (C=O) groups is 2. The lowest BCUT2D eigenvalue weighted by molar-refractivity contribution is -0.155. The second-order valence-corrected chi connectivity index (χ2v) is 8.98. The lowest BCUT2D eigenvalue weighted by atomic mass is 9.96. The molecule has 1 aromatic carbocycles. The molecule has 182 valence electrons. The number of benzene rings is 1. The van der Waals surface area contributed by atoms with Gasteiger partial charge < -0.3 is 28.6 Å². The van der Waals surface area contributed by atoms with Crippen LogP contribution in [0.5, 0.6) is 5.75 Å². The third-order valence-electron chi connectivity index (χ3n) is 6.00. The zero-order chi connectivity index (χ0) is 24.1. The number of halogens is 1. The number of ether oxygens (including phenoxy) is 3. The number of carbonyl (C=O) groups excluding carboxylic acids is 2. The van der Waals surface area contributed by atoms with Crippen molar-refractivity contribution in [2.75, 3.05) is 52.6 Å². The molecule has 2 aliphatic heterocycles. The molecule has 4 rings (SSSR count). The van der Waals surface area contributed by atoms with Gasteiger partial charge in [0.15, 0.2) is 0 Å². The van der Waals surface area contributed by atoms with Gasteiger partial charge in [-0.2, -0.15) is 0 Å². The maximum atomic E-state index is 13.2. The van der Waals surface area contributed by atoms with Crippen molar-refractivity contribution in [2.45, 2.75) is 12.0 Å². The average Bonchev–Trinajstić information content (AvgIpc) is 2.85. The smallest absolute Gasteiger partial charge is 0.255 e. The normalized spacial score (nSPS) is 20.8. The van der Waals surface area contributed by atoms with Crippen LogP contribution >= 0.6 is 11.6 Å². The minimum atomic E-state index is -1.04. The van der Waals surface area contributed by atoms with E-state index in [1.54, 1.807) is 41.1 Å². The number of nitrogens with zero attached hydrogens (tertiary/aromatic N) is 3. The SMILES string of the molecule is Cn1cc(C(=O)N2CCO[C@](COc3cccc(Cl)c3)(CC(=O)N3CCOCC3)C2)ccc1=O. The van der Waals surface area contributed by atoms with E-state index < -0.39 is 5.60 Å². The number of amides is 2. The average molecular weight is 490 g/mol. The third kappa shape index (κ3) is 5.78. The van der Waals surface area contributed by atoms with Crippen LogP contribution in [0.1, 0.15) is 16.8 Å². The van der Waals surface area contributed by atoms with Crippen molar-refractivity contribution >= 4 is 23.4 Å². The second kappa shape index (κ2) is 10.6. The van der Waals surface area contributed by atoms with Crippen molar-refractivity contribution < 1.29 is 23.8 Å². The molecule has 2 amide bonds. The fourth-order valence-corrected chi connectivity index (χ4v) is 4.32. The molecule has 3 heterocycles. The van der Waals surface area contributed by atoms with E-state index in [4.69, 9.17) is 25.8 Å². The van der Waals surface area contributed by atoms with Crippen molar-refractivity contribution in [3.63, 3.8) is 0 Å². The topological polar surface area (TPSA) is 90.3 Å². The largest absolute Gasteiger partial charge is 0.490 e. The summed E-state index contributed by atoms with van der Waals surface area (Å²) in [5.41, 5.74) is -0.834. The molecule has 0 radical (unpaired) electrons. The summed E-state index contributed by atoms with van der Waals surface area (Å²) < 4.78 is 18.9. The number of aryl methyl sites for hydroxylation is 1. The summed E-state index contributed by atoms with van der Waals surface area (Å²) in [5, 5.41) is 0.534. The predicted molar refractivity (Wildman–Crippen MR) is 125 cm³/mol. The van der Waals surface area contributed by atoms with Crippen LogP contribution in [0.4, 0.5) is 0 Å². The van der Waals surface area contributed by atoms with E-state index >= 15 is 0 Å². The Bertz CT molecular complexity index is 1100. The molecular formula is C24H28ClN3O6. The van der Waals surface area contributed by atoms with Crippen molar-refractivity contribution in [1.82, 2.24) is 14.4 Å². The van der Waals surface area contributed by atoms with Gasteiger partial charge in [0.25, 0.3) is 5.91 Å². The van der Waals surface area contributed by atoms with Gasteiger partial charge >= 0.3 is 0 Å². The number of pyridine rings is 1. The molecule has 0 unspecified atom stereocenters. The molecule has 2 saturated heterocycles. The Labute approximate surface area is 202 Å². The lowest BCUT2D eigenvalue weighted by Gasteiger charge is -2.43. The maximum Gasteiger partial charge on any atom is 0.255 e. The minimum Gasteiger partial charge on any atom is -0.490 e. The molecule has 9 nitrogen and oxygen atoms in total. The van der Waals surface area contributed by atoms with Crippen molar-refractivity contribution in [2.24, 2.45) is 7.05 Å². The molecule has 1 aromatic heterocycles. The first-order chi connectivity index (χ1) is 16.3. The van der Waals surface area contributed by atoms with Crippen molar-refractivity contribution in [1.29, 1.82) is 0 Å². The van der Waals surface area contributed by atoms with Gasteiger partial charge in [-0.3, -0.25) is 14.4 Å². The van der Waals surface area contributed by atoms with Crippen LogP contribution in [0.25, 0.3) is 0 Å². The molecule has 0 spiro atoms. The summed E-state index contributed by atoms with van der Waals surface area (Å²) in [4.78, 5) is 41.5. The van der Waals surface area contributed by atoms with Crippen LogP contribution in [0, 0.1) is 0 Å². The fraction of sp³-hybridized carbons (Fsp3) is 0.458. The van der Waals surface area contributed by atoms with E-state index in [0.717, 1.165) is 0 Å². The van der Waals surface area contributed by atoms with Crippen molar-refractivity contribution in [3.05, 3.63) is 63.5 Å². The summed E-state index contributed by atoms with van der Waals surface area (Å²) >= 11 is 6.08. The first kappa shape index (κ1) is 24.3. The van der Waals surface area contributed by atoms with Gasteiger partial charge in [0.2, 0.25) is 11.5 Å². The van der Waals surface area contributed by atoms with Gasteiger partial charge in [-0.25, -0.2) is 0 Å². The Morgan fingerprint density at radius 2 is 1.85 bits per heavy atom. The minimum absolute atomic E-state index is 0.0601. The van der Waals surface area contributed by atoms with Gasteiger partial charge in [0.1, 0.15) is 18.0 Å². The fourth-order valence-electron chi connectivity index (χ4n) is 4.14. The molecule has 2 aliphatic rings. The van der Waals surface area contributed by atoms with Crippen molar-refractivity contribution in [3.8, 4) is 5.75 Å². The summed E-state index contributed by atoms with van der Waals surface area (Å²) in [7, 11) is 1.60.